The van der Waals surface area contributed by atoms with Crippen LogP contribution in [0.1, 0.15) is 26.9 Å². The zero-order chi connectivity index (χ0) is 24.5. The number of sulfone groups is 1. The fourth-order valence-electron chi connectivity index (χ4n) is 3.54. The molecule has 3 aromatic carbocycles. The van der Waals surface area contributed by atoms with Crippen molar-refractivity contribution in [2.75, 3.05) is 5.75 Å². The number of rotatable bonds is 7. The highest BCUT2D eigenvalue weighted by Crippen LogP contribution is 2.33. The van der Waals surface area contributed by atoms with E-state index in [-0.39, 0.29) is 17.1 Å². The molecule has 1 aromatic heterocycles. The maximum absolute atomic E-state index is 14.1. The Morgan fingerprint density at radius 2 is 1.38 bits per heavy atom. The van der Waals surface area contributed by atoms with Gasteiger partial charge in [-0.15, -0.1) is 0 Å². The first-order valence-corrected chi connectivity index (χ1v) is 12.4. The molecule has 34 heavy (non-hydrogen) atoms. The summed E-state index contributed by atoms with van der Waals surface area (Å²) in [6.07, 6.45) is 0. The summed E-state index contributed by atoms with van der Waals surface area (Å²) in [5.41, 5.74) is 0.796. The fraction of sp³-hybridized carbons (Fsp3) is 0.0800. The molecular formula is C25H16Cl2F2O4S. The fourth-order valence-corrected chi connectivity index (χ4v) is 5.61. The average molecular weight is 521 g/mol. The standard InChI is InChI=1S/C25H16Cl2F2O4S/c26-17-5-1-15(2-6-17)25(16-3-7-18(27)8-4-16)34(31,32)14-22(30)24-12-11-23(33-24)20-10-9-19(28)13-21(20)29/h1-13,25H,14H2. The summed E-state index contributed by atoms with van der Waals surface area (Å²) in [6.45, 7) is 0. The zero-order valence-electron chi connectivity index (χ0n) is 17.3. The third-order valence-electron chi connectivity index (χ3n) is 5.11. The third kappa shape index (κ3) is 5.22. The van der Waals surface area contributed by atoms with E-state index in [4.69, 9.17) is 27.6 Å². The first kappa shape index (κ1) is 24.1. The highest BCUT2D eigenvalue weighted by Gasteiger charge is 2.32. The Balaban J connectivity index is 1.65. The van der Waals surface area contributed by atoms with Gasteiger partial charge in [-0.25, -0.2) is 17.2 Å². The van der Waals surface area contributed by atoms with E-state index in [0.717, 1.165) is 6.07 Å². The smallest absolute Gasteiger partial charge is 0.213 e. The van der Waals surface area contributed by atoms with Crippen LogP contribution in [0.5, 0.6) is 0 Å². The van der Waals surface area contributed by atoms with Gasteiger partial charge in [0, 0.05) is 16.1 Å². The highest BCUT2D eigenvalue weighted by atomic mass is 35.5. The highest BCUT2D eigenvalue weighted by molar-refractivity contribution is 7.92. The van der Waals surface area contributed by atoms with Crippen molar-refractivity contribution in [3.8, 4) is 11.3 Å². The second-order valence-electron chi connectivity index (χ2n) is 7.50. The second-order valence-corrected chi connectivity index (χ2v) is 10.5. The summed E-state index contributed by atoms with van der Waals surface area (Å²) < 4.78 is 59.5. The monoisotopic (exact) mass is 520 g/mol. The van der Waals surface area contributed by atoms with Crippen molar-refractivity contribution in [1.29, 1.82) is 0 Å². The van der Waals surface area contributed by atoms with E-state index < -0.39 is 38.3 Å². The van der Waals surface area contributed by atoms with Crippen molar-refractivity contribution in [2.45, 2.75) is 5.25 Å². The molecule has 0 N–H and O–H groups in total. The number of benzene rings is 3. The summed E-state index contributed by atoms with van der Waals surface area (Å²) in [5, 5.41) is -0.290. The maximum atomic E-state index is 14.1. The van der Waals surface area contributed by atoms with Gasteiger partial charge in [-0.3, -0.25) is 4.79 Å². The summed E-state index contributed by atoms with van der Waals surface area (Å²) >= 11 is 11.9. The van der Waals surface area contributed by atoms with Crippen molar-refractivity contribution < 1.29 is 26.4 Å². The normalized spacial score (nSPS) is 11.7. The lowest BCUT2D eigenvalue weighted by Gasteiger charge is -2.18. The Kier molecular flexibility index (Phi) is 6.89. The number of carbonyl (C=O) groups excluding carboxylic acids is 1. The summed E-state index contributed by atoms with van der Waals surface area (Å²) in [7, 11) is -4.09. The molecule has 4 aromatic rings. The number of hydrogen-bond acceptors (Lipinski definition) is 4. The molecular weight excluding hydrogens is 505 g/mol. The molecule has 4 rings (SSSR count). The van der Waals surface area contributed by atoms with Crippen molar-refractivity contribution >= 4 is 38.8 Å². The molecule has 0 amide bonds. The van der Waals surface area contributed by atoms with Crippen LogP contribution in [0.15, 0.2) is 83.3 Å². The van der Waals surface area contributed by atoms with Gasteiger partial charge < -0.3 is 4.42 Å². The topological polar surface area (TPSA) is 64.3 Å². The SMILES string of the molecule is O=C(CS(=O)(=O)C(c1ccc(Cl)cc1)c1ccc(Cl)cc1)c1ccc(-c2ccc(F)cc2F)o1. The predicted molar refractivity (Wildman–Crippen MR) is 127 cm³/mol. The lowest BCUT2D eigenvalue weighted by atomic mass is 10.0. The number of furan rings is 1. The van der Waals surface area contributed by atoms with Gasteiger partial charge in [0.05, 0.1) is 5.56 Å². The molecule has 0 radical (unpaired) electrons. The molecule has 0 spiro atoms. The average Bonchev–Trinajstić information content (AvgIpc) is 3.26. The van der Waals surface area contributed by atoms with E-state index in [1.807, 2.05) is 0 Å². The van der Waals surface area contributed by atoms with Gasteiger partial charge in [0.15, 0.2) is 15.6 Å². The minimum atomic E-state index is -4.09. The van der Waals surface area contributed by atoms with Gasteiger partial charge in [0.25, 0.3) is 0 Å². The Hall–Kier alpha value is -3.00. The van der Waals surface area contributed by atoms with E-state index in [1.165, 1.54) is 18.2 Å². The van der Waals surface area contributed by atoms with Gasteiger partial charge in [-0.1, -0.05) is 47.5 Å². The molecule has 0 aliphatic rings. The molecule has 0 bridgehead atoms. The molecule has 1 heterocycles. The van der Waals surface area contributed by atoms with Crippen LogP contribution in [0.4, 0.5) is 8.78 Å². The number of carbonyl (C=O) groups is 1. The van der Waals surface area contributed by atoms with Gasteiger partial charge >= 0.3 is 0 Å². The van der Waals surface area contributed by atoms with Crippen LogP contribution >= 0.6 is 23.2 Å². The van der Waals surface area contributed by atoms with Crippen LogP contribution < -0.4 is 0 Å². The summed E-state index contributed by atoms with van der Waals surface area (Å²) in [6, 6.07) is 18.0. The lowest BCUT2D eigenvalue weighted by molar-refractivity contribution is 0.0991. The molecule has 0 aliphatic heterocycles. The molecule has 174 valence electrons. The molecule has 4 nitrogen and oxygen atoms in total. The van der Waals surface area contributed by atoms with Crippen LogP contribution in [0.3, 0.4) is 0 Å². The van der Waals surface area contributed by atoms with E-state index in [9.17, 15) is 22.0 Å². The van der Waals surface area contributed by atoms with Gasteiger partial charge in [0.1, 0.15) is 28.4 Å². The molecule has 0 saturated heterocycles. The molecule has 9 heteroatoms. The Morgan fingerprint density at radius 1 is 0.824 bits per heavy atom. The van der Waals surface area contributed by atoms with Gasteiger partial charge in [0.2, 0.25) is 5.78 Å². The van der Waals surface area contributed by atoms with Gasteiger partial charge in [-0.05, 0) is 59.7 Å². The van der Waals surface area contributed by atoms with E-state index in [2.05, 4.69) is 0 Å². The minimum Gasteiger partial charge on any atom is -0.453 e. The number of Topliss-reactive ketones (excluding diaryl/α,β-unsaturated/α-hetero) is 1. The van der Waals surface area contributed by atoms with Crippen LogP contribution in [0.2, 0.25) is 10.0 Å². The Bertz CT molecular complexity index is 1400. The van der Waals surface area contributed by atoms with Crippen LogP contribution in [-0.4, -0.2) is 20.0 Å². The van der Waals surface area contributed by atoms with E-state index in [0.29, 0.717) is 27.2 Å². The van der Waals surface area contributed by atoms with Crippen LogP contribution in [0, 0.1) is 11.6 Å². The second kappa shape index (κ2) is 9.70. The van der Waals surface area contributed by atoms with Crippen molar-refractivity contribution in [3.63, 3.8) is 0 Å². The van der Waals surface area contributed by atoms with Crippen LogP contribution in [0.25, 0.3) is 11.3 Å². The Labute approximate surface area is 204 Å². The molecule has 0 aliphatic carbocycles. The number of halogens is 4. The minimum absolute atomic E-state index is 0.0230. The molecule has 0 atom stereocenters. The molecule has 0 fully saturated rings. The maximum Gasteiger partial charge on any atom is 0.213 e. The predicted octanol–water partition coefficient (Wildman–Crippen LogP) is 6.92. The van der Waals surface area contributed by atoms with Crippen molar-refractivity contribution in [3.05, 3.63) is 117 Å². The first-order chi connectivity index (χ1) is 16.1. The van der Waals surface area contributed by atoms with Gasteiger partial charge in [-0.2, -0.15) is 0 Å². The van der Waals surface area contributed by atoms with E-state index >= 15 is 0 Å². The Morgan fingerprint density at radius 3 is 1.91 bits per heavy atom. The lowest BCUT2D eigenvalue weighted by Crippen LogP contribution is -2.23. The van der Waals surface area contributed by atoms with E-state index in [1.54, 1.807) is 48.5 Å². The summed E-state index contributed by atoms with van der Waals surface area (Å²) in [4.78, 5) is 12.9. The number of ketones is 1. The first-order valence-electron chi connectivity index (χ1n) is 9.95. The number of hydrogen-bond donors (Lipinski definition) is 0. The quantitative estimate of drug-likeness (QED) is 0.248. The van der Waals surface area contributed by atoms with Crippen LogP contribution in [-0.2, 0) is 9.84 Å². The zero-order valence-corrected chi connectivity index (χ0v) is 19.7. The third-order valence-corrected chi connectivity index (χ3v) is 7.55. The van der Waals surface area contributed by atoms with Crippen molar-refractivity contribution in [2.24, 2.45) is 0 Å². The van der Waals surface area contributed by atoms with Crippen molar-refractivity contribution in [1.82, 2.24) is 0 Å². The summed E-state index contributed by atoms with van der Waals surface area (Å²) in [5.74, 6) is -3.57. The molecule has 0 unspecified atom stereocenters. The molecule has 0 saturated carbocycles. The largest absolute Gasteiger partial charge is 0.453 e.